The molecular weight excluding hydrogens is 342 g/mol. The van der Waals surface area contributed by atoms with Gasteiger partial charge in [-0.3, -0.25) is 4.79 Å². The molecule has 3 aromatic rings. The maximum atomic E-state index is 12.8. The molecule has 2 aromatic carbocycles. The van der Waals surface area contributed by atoms with Crippen LogP contribution in [-0.4, -0.2) is 11.7 Å². The molecule has 126 valence electrons. The van der Waals surface area contributed by atoms with Gasteiger partial charge in [0.15, 0.2) is 0 Å². The molecule has 1 N–H and O–H groups in total. The molecule has 0 bridgehead atoms. The summed E-state index contributed by atoms with van der Waals surface area (Å²) in [6.07, 6.45) is 2.35. The van der Waals surface area contributed by atoms with E-state index in [1.807, 2.05) is 0 Å². The van der Waals surface area contributed by atoms with Gasteiger partial charge in [-0.15, -0.1) is 0 Å². The van der Waals surface area contributed by atoms with Crippen molar-refractivity contribution in [1.82, 2.24) is 0 Å². The van der Waals surface area contributed by atoms with Crippen molar-refractivity contribution in [2.45, 2.75) is 12.8 Å². The maximum Gasteiger partial charge on any atom is 0.200 e. The molecule has 0 saturated carbocycles. The summed E-state index contributed by atoms with van der Waals surface area (Å²) in [5, 5.41) is 18.6. The van der Waals surface area contributed by atoms with E-state index in [-0.39, 0.29) is 27.2 Å². The van der Waals surface area contributed by atoms with E-state index in [2.05, 4.69) is 6.07 Å². The highest BCUT2D eigenvalue weighted by Gasteiger charge is 2.15. The van der Waals surface area contributed by atoms with Crippen LogP contribution in [0.3, 0.4) is 0 Å². The first-order chi connectivity index (χ1) is 12.1. The molecule has 1 heterocycles. The average Bonchev–Trinajstić information content (AvgIpc) is 2.61. The number of halogens is 1. The van der Waals surface area contributed by atoms with Gasteiger partial charge in [-0.05, 0) is 18.6 Å². The lowest BCUT2D eigenvalue weighted by Gasteiger charge is -2.11. The van der Waals surface area contributed by atoms with Crippen molar-refractivity contribution in [2.24, 2.45) is 0 Å². The Hall–Kier alpha value is -2.97. The number of hydrogen-bond acceptors (Lipinski definition) is 5. The Bertz CT molecular complexity index is 1020. The van der Waals surface area contributed by atoms with E-state index >= 15 is 0 Å². The number of rotatable bonds is 5. The molecule has 3 rings (SSSR count). The molecule has 6 heteroatoms. The summed E-state index contributed by atoms with van der Waals surface area (Å²) < 4.78 is 11.2. The van der Waals surface area contributed by atoms with E-state index in [4.69, 9.17) is 26.0 Å². The Kier molecular flexibility index (Phi) is 4.92. The first-order valence-corrected chi connectivity index (χ1v) is 8.03. The molecule has 0 unspecified atom stereocenters. The number of benzene rings is 2. The zero-order valence-corrected chi connectivity index (χ0v) is 13.9. The second-order valence-corrected chi connectivity index (χ2v) is 5.79. The molecule has 0 fully saturated rings. The smallest absolute Gasteiger partial charge is 0.200 e. The van der Waals surface area contributed by atoms with Crippen LogP contribution in [0.4, 0.5) is 0 Å². The van der Waals surface area contributed by atoms with Crippen LogP contribution in [-0.2, 0) is 0 Å². The highest BCUT2D eigenvalue weighted by molar-refractivity contribution is 6.32. The van der Waals surface area contributed by atoms with Gasteiger partial charge in [0, 0.05) is 18.1 Å². The van der Waals surface area contributed by atoms with Crippen molar-refractivity contribution in [2.75, 3.05) is 6.61 Å². The van der Waals surface area contributed by atoms with Crippen molar-refractivity contribution in [1.29, 1.82) is 5.26 Å². The fourth-order valence-corrected chi connectivity index (χ4v) is 2.64. The van der Waals surface area contributed by atoms with E-state index in [9.17, 15) is 9.90 Å². The van der Waals surface area contributed by atoms with E-state index in [1.54, 1.807) is 24.3 Å². The molecule has 25 heavy (non-hydrogen) atoms. The van der Waals surface area contributed by atoms with Gasteiger partial charge in [-0.25, -0.2) is 0 Å². The van der Waals surface area contributed by atoms with Crippen LogP contribution in [0.5, 0.6) is 11.5 Å². The summed E-state index contributed by atoms with van der Waals surface area (Å²) in [5.74, 6) is 0.392. The minimum absolute atomic E-state index is 0.0815. The monoisotopic (exact) mass is 355 g/mol. The molecule has 0 atom stereocenters. The largest absolute Gasteiger partial charge is 0.506 e. The Morgan fingerprint density at radius 3 is 2.84 bits per heavy atom. The van der Waals surface area contributed by atoms with Crippen molar-refractivity contribution in [3.8, 4) is 28.7 Å². The number of unbranched alkanes of at least 4 members (excludes halogenated alkanes) is 1. The van der Waals surface area contributed by atoms with Crippen LogP contribution in [0, 0.1) is 11.3 Å². The molecule has 0 aliphatic rings. The van der Waals surface area contributed by atoms with E-state index in [0.717, 1.165) is 0 Å². The predicted octanol–water partition coefficient (Wildman–Crippen LogP) is 4.50. The van der Waals surface area contributed by atoms with Crippen LogP contribution in [0.15, 0.2) is 51.9 Å². The average molecular weight is 356 g/mol. The van der Waals surface area contributed by atoms with Gasteiger partial charge < -0.3 is 14.3 Å². The van der Waals surface area contributed by atoms with Gasteiger partial charge in [0.1, 0.15) is 23.3 Å². The topological polar surface area (TPSA) is 83.5 Å². The van der Waals surface area contributed by atoms with E-state index in [1.165, 1.54) is 18.4 Å². The fourth-order valence-electron chi connectivity index (χ4n) is 2.47. The quantitative estimate of drug-likeness (QED) is 0.681. The SMILES string of the molecule is N#CCCCOc1ccccc1-c1coc2cc(O)c(Cl)cc2c1=O. The van der Waals surface area contributed by atoms with Gasteiger partial charge in [0.2, 0.25) is 5.43 Å². The molecule has 1 aromatic heterocycles. The number of nitrogens with zero attached hydrogens (tertiary/aromatic N) is 1. The van der Waals surface area contributed by atoms with Gasteiger partial charge >= 0.3 is 0 Å². The highest BCUT2D eigenvalue weighted by Crippen LogP contribution is 2.32. The predicted molar refractivity (Wildman–Crippen MR) is 94.9 cm³/mol. The first-order valence-electron chi connectivity index (χ1n) is 7.65. The molecule has 0 radical (unpaired) electrons. The fraction of sp³-hybridized carbons (Fsp3) is 0.158. The Balaban J connectivity index is 2.05. The van der Waals surface area contributed by atoms with Crippen molar-refractivity contribution in [3.05, 3.63) is 57.9 Å². The molecule has 0 spiro atoms. The van der Waals surface area contributed by atoms with Gasteiger partial charge in [-0.2, -0.15) is 5.26 Å². The maximum absolute atomic E-state index is 12.8. The van der Waals surface area contributed by atoms with Crippen LogP contribution in [0.2, 0.25) is 5.02 Å². The summed E-state index contributed by atoms with van der Waals surface area (Å²) in [6, 6.07) is 11.9. The summed E-state index contributed by atoms with van der Waals surface area (Å²) in [7, 11) is 0. The van der Waals surface area contributed by atoms with Crippen molar-refractivity contribution < 1.29 is 14.3 Å². The van der Waals surface area contributed by atoms with Gasteiger partial charge in [-0.1, -0.05) is 29.8 Å². The highest BCUT2D eigenvalue weighted by atomic mass is 35.5. The number of ether oxygens (including phenoxy) is 1. The standard InChI is InChI=1S/C19H14ClNO4/c20-15-9-13-18(10-16(15)22)25-11-14(19(13)23)12-5-1-2-6-17(12)24-8-4-3-7-21/h1-2,5-6,9-11,22H,3-4,8H2. The molecule has 5 nitrogen and oxygen atoms in total. The number of phenolic OH excluding ortho intramolecular Hbond substituents is 1. The Labute approximate surface area is 148 Å². The van der Waals surface area contributed by atoms with E-state index < -0.39 is 0 Å². The first kappa shape index (κ1) is 16.9. The molecular formula is C19H14ClNO4. The second-order valence-electron chi connectivity index (χ2n) is 5.38. The summed E-state index contributed by atoms with van der Waals surface area (Å²) in [5.41, 5.74) is 0.920. The van der Waals surface area contributed by atoms with Gasteiger partial charge in [0.25, 0.3) is 0 Å². The van der Waals surface area contributed by atoms with Crippen molar-refractivity contribution in [3.63, 3.8) is 0 Å². The minimum Gasteiger partial charge on any atom is -0.506 e. The van der Waals surface area contributed by atoms with Crippen LogP contribution >= 0.6 is 11.6 Å². The molecule has 0 aliphatic heterocycles. The van der Waals surface area contributed by atoms with Crippen molar-refractivity contribution >= 4 is 22.6 Å². The second kappa shape index (κ2) is 7.29. The third-order valence-corrected chi connectivity index (χ3v) is 4.01. The lowest BCUT2D eigenvalue weighted by atomic mass is 10.0. The van der Waals surface area contributed by atoms with Crippen LogP contribution in [0.25, 0.3) is 22.1 Å². The van der Waals surface area contributed by atoms with Crippen LogP contribution in [0.1, 0.15) is 12.8 Å². The van der Waals surface area contributed by atoms with E-state index in [0.29, 0.717) is 36.3 Å². The summed E-state index contributed by atoms with van der Waals surface area (Å²) in [6.45, 7) is 0.378. The third-order valence-electron chi connectivity index (χ3n) is 3.71. The number of fused-ring (bicyclic) bond motifs is 1. The zero-order valence-electron chi connectivity index (χ0n) is 13.2. The number of phenols is 1. The van der Waals surface area contributed by atoms with Crippen LogP contribution < -0.4 is 10.2 Å². The summed E-state index contributed by atoms with van der Waals surface area (Å²) in [4.78, 5) is 12.8. The lowest BCUT2D eigenvalue weighted by Crippen LogP contribution is -2.06. The Morgan fingerprint density at radius 1 is 1.24 bits per heavy atom. The molecule has 0 saturated heterocycles. The molecule has 0 aliphatic carbocycles. The van der Waals surface area contributed by atoms with Gasteiger partial charge in [0.05, 0.1) is 28.6 Å². The number of hydrogen-bond donors (Lipinski definition) is 1. The minimum atomic E-state index is -0.267. The number of nitriles is 1. The lowest BCUT2D eigenvalue weighted by molar-refractivity contribution is 0.314. The third kappa shape index (κ3) is 3.44. The molecule has 0 amide bonds. The number of aromatic hydroxyl groups is 1. The zero-order chi connectivity index (χ0) is 17.8. The normalized spacial score (nSPS) is 10.6. The summed E-state index contributed by atoms with van der Waals surface area (Å²) >= 11 is 5.91. The Morgan fingerprint density at radius 2 is 2.04 bits per heavy atom. The number of para-hydroxylation sites is 1.